The summed E-state index contributed by atoms with van der Waals surface area (Å²) in [5.74, 6) is 0.119. The SMILES string of the molecule is NC(=O)Nc1ccc(C(=O)OCc2nc(-c3cccs3)no2)cc1. The van der Waals surface area contributed by atoms with Crippen LogP contribution < -0.4 is 11.1 Å². The molecule has 2 heterocycles. The highest BCUT2D eigenvalue weighted by Gasteiger charge is 2.13. The second-order valence-corrected chi connectivity index (χ2v) is 5.58. The first-order valence-electron chi connectivity index (χ1n) is 6.82. The van der Waals surface area contributed by atoms with Gasteiger partial charge in [-0.25, -0.2) is 9.59 Å². The summed E-state index contributed by atoms with van der Waals surface area (Å²) in [5, 5.41) is 8.13. The number of anilines is 1. The second-order valence-electron chi connectivity index (χ2n) is 4.63. The molecule has 3 rings (SSSR count). The molecule has 0 radical (unpaired) electrons. The summed E-state index contributed by atoms with van der Waals surface area (Å²) in [7, 11) is 0. The molecule has 0 aliphatic rings. The lowest BCUT2D eigenvalue weighted by molar-refractivity contribution is 0.0430. The average molecular weight is 344 g/mol. The largest absolute Gasteiger partial charge is 0.452 e. The van der Waals surface area contributed by atoms with Crippen molar-refractivity contribution in [2.24, 2.45) is 5.73 Å². The highest BCUT2D eigenvalue weighted by molar-refractivity contribution is 7.13. The number of nitrogens with zero attached hydrogens (tertiary/aromatic N) is 2. The highest BCUT2D eigenvalue weighted by Crippen LogP contribution is 2.21. The number of hydrogen-bond donors (Lipinski definition) is 2. The lowest BCUT2D eigenvalue weighted by Crippen LogP contribution is -2.19. The molecule has 2 amide bonds. The molecule has 0 bridgehead atoms. The Labute approximate surface area is 140 Å². The van der Waals surface area contributed by atoms with Gasteiger partial charge in [-0.05, 0) is 35.7 Å². The molecule has 0 fully saturated rings. The number of carbonyl (C=O) groups is 2. The number of urea groups is 1. The van der Waals surface area contributed by atoms with Gasteiger partial charge in [0.1, 0.15) is 0 Å². The Morgan fingerprint density at radius 3 is 2.71 bits per heavy atom. The van der Waals surface area contributed by atoms with Crippen molar-refractivity contribution in [3.8, 4) is 10.7 Å². The Bertz CT molecular complexity index is 843. The first kappa shape index (κ1) is 15.7. The van der Waals surface area contributed by atoms with Crippen molar-refractivity contribution >= 4 is 29.0 Å². The number of rotatable bonds is 5. The van der Waals surface area contributed by atoms with E-state index in [9.17, 15) is 9.59 Å². The van der Waals surface area contributed by atoms with Gasteiger partial charge < -0.3 is 20.3 Å². The lowest BCUT2D eigenvalue weighted by atomic mass is 10.2. The minimum Gasteiger partial charge on any atom is -0.452 e. The van der Waals surface area contributed by atoms with Crippen LogP contribution in [0.3, 0.4) is 0 Å². The number of carbonyl (C=O) groups excluding carboxylic acids is 2. The van der Waals surface area contributed by atoms with Crippen LogP contribution in [-0.4, -0.2) is 22.1 Å². The third-order valence-corrected chi connectivity index (χ3v) is 3.79. The maximum Gasteiger partial charge on any atom is 0.338 e. The van der Waals surface area contributed by atoms with Crippen LogP contribution in [0.2, 0.25) is 0 Å². The van der Waals surface area contributed by atoms with Crippen LogP contribution in [0.1, 0.15) is 16.2 Å². The van der Waals surface area contributed by atoms with Crippen LogP contribution in [-0.2, 0) is 11.3 Å². The molecule has 0 aliphatic heterocycles. The molecule has 1 aromatic carbocycles. The van der Waals surface area contributed by atoms with E-state index in [1.54, 1.807) is 12.1 Å². The van der Waals surface area contributed by atoms with Gasteiger partial charge in [-0.15, -0.1) is 11.3 Å². The molecule has 0 saturated carbocycles. The van der Waals surface area contributed by atoms with Gasteiger partial charge in [-0.1, -0.05) is 11.2 Å². The van der Waals surface area contributed by atoms with E-state index in [1.165, 1.54) is 23.5 Å². The first-order chi connectivity index (χ1) is 11.6. The number of nitrogens with two attached hydrogens (primary N) is 1. The van der Waals surface area contributed by atoms with Crippen molar-refractivity contribution in [2.45, 2.75) is 6.61 Å². The number of amides is 2. The van der Waals surface area contributed by atoms with E-state index in [0.29, 0.717) is 17.1 Å². The van der Waals surface area contributed by atoms with Crippen molar-refractivity contribution in [1.29, 1.82) is 0 Å². The van der Waals surface area contributed by atoms with Gasteiger partial charge in [0.2, 0.25) is 5.82 Å². The van der Waals surface area contributed by atoms with Gasteiger partial charge >= 0.3 is 12.0 Å². The summed E-state index contributed by atoms with van der Waals surface area (Å²) < 4.78 is 10.2. The summed E-state index contributed by atoms with van der Waals surface area (Å²) >= 11 is 1.48. The molecule has 24 heavy (non-hydrogen) atoms. The Balaban J connectivity index is 1.58. The van der Waals surface area contributed by atoms with E-state index in [0.717, 1.165) is 4.88 Å². The van der Waals surface area contributed by atoms with Crippen LogP contribution in [0.25, 0.3) is 10.7 Å². The molecule has 3 N–H and O–H groups in total. The Hall–Kier alpha value is -3.20. The number of thiophene rings is 1. The third kappa shape index (κ3) is 3.76. The van der Waals surface area contributed by atoms with E-state index < -0.39 is 12.0 Å². The highest BCUT2D eigenvalue weighted by atomic mass is 32.1. The summed E-state index contributed by atoms with van der Waals surface area (Å²) in [6.07, 6.45) is 0. The number of nitrogens with one attached hydrogen (secondary N) is 1. The minimum absolute atomic E-state index is 0.126. The van der Waals surface area contributed by atoms with Gasteiger partial charge in [0.25, 0.3) is 5.89 Å². The fourth-order valence-electron chi connectivity index (χ4n) is 1.86. The van der Waals surface area contributed by atoms with Crippen LogP contribution >= 0.6 is 11.3 Å². The molecular formula is C15H12N4O4S. The molecule has 0 unspecified atom stereocenters. The van der Waals surface area contributed by atoms with Crippen molar-refractivity contribution in [3.63, 3.8) is 0 Å². The minimum atomic E-state index is -0.678. The lowest BCUT2D eigenvalue weighted by Gasteiger charge is -2.04. The zero-order valence-corrected chi connectivity index (χ0v) is 13.1. The van der Waals surface area contributed by atoms with E-state index in [-0.39, 0.29) is 12.5 Å². The second kappa shape index (κ2) is 6.92. The van der Waals surface area contributed by atoms with Gasteiger partial charge in [0.15, 0.2) is 6.61 Å². The number of esters is 1. The maximum absolute atomic E-state index is 12.0. The van der Waals surface area contributed by atoms with Crippen LogP contribution in [0.4, 0.5) is 10.5 Å². The Kier molecular flexibility index (Phi) is 4.52. The normalized spacial score (nSPS) is 10.3. The standard InChI is InChI=1S/C15H12N4O4S/c16-15(21)17-10-5-3-9(4-6-10)14(20)22-8-12-18-13(19-23-12)11-2-1-7-24-11/h1-7H,8H2,(H3,16,17,21). The number of primary amides is 1. The van der Waals surface area contributed by atoms with E-state index >= 15 is 0 Å². The molecule has 122 valence electrons. The predicted octanol–water partition coefficient (Wildman–Crippen LogP) is 2.65. The van der Waals surface area contributed by atoms with Crippen molar-refractivity contribution in [3.05, 3.63) is 53.2 Å². The maximum atomic E-state index is 12.0. The van der Waals surface area contributed by atoms with Crippen LogP contribution in [0, 0.1) is 0 Å². The van der Waals surface area contributed by atoms with Gasteiger partial charge in [0.05, 0.1) is 10.4 Å². The molecular weight excluding hydrogens is 332 g/mol. The smallest absolute Gasteiger partial charge is 0.338 e. The summed E-state index contributed by atoms with van der Waals surface area (Å²) in [5.41, 5.74) is 5.81. The summed E-state index contributed by atoms with van der Waals surface area (Å²) in [4.78, 5) is 27.7. The fourth-order valence-corrected chi connectivity index (χ4v) is 2.51. The molecule has 0 saturated heterocycles. The molecule has 0 atom stereocenters. The van der Waals surface area contributed by atoms with Crippen molar-refractivity contribution in [1.82, 2.24) is 10.1 Å². The molecule has 2 aromatic heterocycles. The van der Waals surface area contributed by atoms with Gasteiger partial charge in [0, 0.05) is 5.69 Å². The topological polar surface area (TPSA) is 120 Å². The van der Waals surface area contributed by atoms with Crippen LogP contribution in [0.15, 0.2) is 46.3 Å². The van der Waals surface area contributed by atoms with Gasteiger partial charge in [-0.2, -0.15) is 4.98 Å². The van der Waals surface area contributed by atoms with Crippen molar-refractivity contribution < 1.29 is 18.8 Å². The quantitative estimate of drug-likeness (QED) is 0.686. The van der Waals surface area contributed by atoms with Crippen molar-refractivity contribution in [2.75, 3.05) is 5.32 Å². The molecule has 8 nitrogen and oxygen atoms in total. The monoisotopic (exact) mass is 344 g/mol. The summed E-state index contributed by atoms with van der Waals surface area (Å²) in [6.45, 7) is -0.126. The molecule has 0 spiro atoms. The molecule has 3 aromatic rings. The Morgan fingerprint density at radius 1 is 1.25 bits per heavy atom. The number of hydrogen-bond acceptors (Lipinski definition) is 7. The number of ether oxygens (including phenoxy) is 1. The predicted molar refractivity (Wildman–Crippen MR) is 86.4 cm³/mol. The zero-order chi connectivity index (χ0) is 16.9. The molecule has 0 aliphatic carbocycles. The van der Waals surface area contributed by atoms with E-state index in [1.807, 2.05) is 17.5 Å². The van der Waals surface area contributed by atoms with Gasteiger partial charge in [-0.3, -0.25) is 0 Å². The van der Waals surface area contributed by atoms with E-state index in [4.69, 9.17) is 15.0 Å². The summed E-state index contributed by atoms with van der Waals surface area (Å²) in [6, 6.07) is 9.19. The number of aromatic nitrogens is 2. The first-order valence-corrected chi connectivity index (χ1v) is 7.70. The number of benzene rings is 1. The third-order valence-electron chi connectivity index (χ3n) is 2.92. The Morgan fingerprint density at radius 2 is 2.04 bits per heavy atom. The average Bonchev–Trinajstić information content (AvgIpc) is 3.24. The molecule has 9 heteroatoms. The van der Waals surface area contributed by atoms with Crippen LogP contribution in [0.5, 0.6) is 0 Å². The van der Waals surface area contributed by atoms with E-state index in [2.05, 4.69) is 15.5 Å². The fraction of sp³-hybridized carbons (Fsp3) is 0.0667. The zero-order valence-electron chi connectivity index (χ0n) is 12.3.